The van der Waals surface area contributed by atoms with Crippen molar-refractivity contribution in [3.05, 3.63) is 83.7 Å². The summed E-state index contributed by atoms with van der Waals surface area (Å²) >= 11 is 0. The third-order valence-electron chi connectivity index (χ3n) is 7.49. The molecule has 5 nitrogen and oxygen atoms in total. The van der Waals surface area contributed by atoms with Gasteiger partial charge in [-0.2, -0.15) is 0 Å². The number of halogens is 1. The largest absolute Gasteiger partial charge is 0.481 e. The number of carbonyl (C=O) groups excluding carboxylic acids is 1. The molecule has 0 bridgehead atoms. The van der Waals surface area contributed by atoms with Crippen molar-refractivity contribution in [2.24, 2.45) is 11.8 Å². The molecule has 2 fully saturated rings. The second kappa shape index (κ2) is 9.55. The Morgan fingerprint density at radius 2 is 1.62 bits per heavy atom. The van der Waals surface area contributed by atoms with Gasteiger partial charge in [-0.1, -0.05) is 48.5 Å². The molecule has 6 heteroatoms. The molecule has 5 rings (SSSR count). The number of nitrogens with zero attached hydrogens (tertiary/aromatic N) is 2. The summed E-state index contributed by atoms with van der Waals surface area (Å²) in [7, 11) is 0. The van der Waals surface area contributed by atoms with Crippen LogP contribution in [0.3, 0.4) is 0 Å². The highest BCUT2D eigenvalue weighted by Crippen LogP contribution is 2.32. The highest BCUT2D eigenvalue weighted by molar-refractivity contribution is 6.07. The number of aliphatic carboxylic acids is 1. The maximum atomic E-state index is 13.4. The van der Waals surface area contributed by atoms with Crippen LogP contribution in [0.25, 0.3) is 10.8 Å². The number of carboxylic acids is 1. The standard InChI is InChI=1S/C28H29FN2O3/c29-23-10-8-19(9-11-23)20-12-14-30(15-13-20)16-22-17-31(18-26(22)28(33)34)27(32)25-7-3-5-21-4-1-2-6-24(21)25/h1-11,20,22,26H,12-18H2,(H,33,34). The van der Waals surface area contributed by atoms with Crippen LogP contribution in [-0.4, -0.2) is 59.5 Å². The monoisotopic (exact) mass is 460 g/mol. The Kier molecular flexibility index (Phi) is 6.33. The van der Waals surface area contributed by atoms with Crippen molar-refractivity contribution in [2.45, 2.75) is 18.8 Å². The fraction of sp³-hybridized carbons (Fsp3) is 0.357. The van der Waals surface area contributed by atoms with E-state index in [1.807, 2.05) is 54.6 Å². The van der Waals surface area contributed by atoms with Gasteiger partial charge in [-0.3, -0.25) is 9.59 Å². The number of rotatable bonds is 5. The number of fused-ring (bicyclic) bond motifs is 1. The molecule has 0 aliphatic carbocycles. The predicted octanol–water partition coefficient (Wildman–Crippen LogP) is 4.63. The van der Waals surface area contributed by atoms with Gasteiger partial charge in [0.1, 0.15) is 5.82 Å². The zero-order valence-corrected chi connectivity index (χ0v) is 19.1. The number of benzene rings is 3. The highest BCUT2D eigenvalue weighted by atomic mass is 19.1. The Labute approximate surface area is 198 Å². The van der Waals surface area contributed by atoms with Crippen molar-refractivity contribution in [3.8, 4) is 0 Å². The van der Waals surface area contributed by atoms with Crippen LogP contribution in [0.1, 0.15) is 34.7 Å². The van der Waals surface area contributed by atoms with Gasteiger partial charge in [0.2, 0.25) is 0 Å². The number of hydrogen-bond donors (Lipinski definition) is 1. The van der Waals surface area contributed by atoms with Gasteiger partial charge in [0, 0.05) is 31.1 Å². The van der Waals surface area contributed by atoms with E-state index >= 15 is 0 Å². The van der Waals surface area contributed by atoms with Crippen LogP contribution in [0.2, 0.25) is 0 Å². The molecule has 0 saturated carbocycles. The fourth-order valence-electron chi connectivity index (χ4n) is 5.60. The van der Waals surface area contributed by atoms with Crippen LogP contribution in [0.4, 0.5) is 4.39 Å². The Morgan fingerprint density at radius 1 is 0.912 bits per heavy atom. The van der Waals surface area contributed by atoms with Crippen molar-refractivity contribution < 1.29 is 19.1 Å². The van der Waals surface area contributed by atoms with Crippen molar-refractivity contribution in [2.75, 3.05) is 32.7 Å². The number of amides is 1. The molecule has 2 saturated heterocycles. The minimum atomic E-state index is -0.834. The number of piperidine rings is 1. The molecule has 2 aliphatic rings. The quantitative estimate of drug-likeness (QED) is 0.603. The van der Waals surface area contributed by atoms with Gasteiger partial charge in [0.15, 0.2) is 0 Å². The molecule has 1 N–H and O–H groups in total. The lowest BCUT2D eigenvalue weighted by molar-refractivity contribution is -0.142. The second-order valence-corrected chi connectivity index (χ2v) is 9.57. The normalized spacial score (nSPS) is 21.7. The molecule has 3 aromatic carbocycles. The van der Waals surface area contributed by atoms with E-state index in [0.717, 1.165) is 42.3 Å². The summed E-state index contributed by atoms with van der Waals surface area (Å²) in [5.41, 5.74) is 1.79. The average Bonchev–Trinajstić information content (AvgIpc) is 3.28. The number of carbonyl (C=O) groups is 2. The lowest BCUT2D eigenvalue weighted by atomic mass is 9.88. The number of hydrogen-bond acceptors (Lipinski definition) is 3. The molecular weight excluding hydrogens is 431 g/mol. The van der Waals surface area contributed by atoms with E-state index in [1.165, 1.54) is 12.1 Å². The third kappa shape index (κ3) is 4.55. The topological polar surface area (TPSA) is 60.9 Å². The lowest BCUT2D eigenvalue weighted by Gasteiger charge is -2.34. The molecule has 0 spiro atoms. The Morgan fingerprint density at radius 3 is 2.35 bits per heavy atom. The van der Waals surface area contributed by atoms with Gasteiger partial charge in [-0.15, -0.1) is 0 Å². The van der Waals surface area contributed by atoms with Gasteiger partial charge in [0.05, 0.1) is 5.92 Å². The molecule has 2 atom stereocenters. The molecule has 0 aromatic heterocycles. The predicted molar refractivity (Wildman–Crippen MR) is 129 cm³/mol. The zero-order valence-electron chi connectivity index (χ0n) is 19.1. The number of carboxylic acid groups (broad SMARTS) is 1. The molecule has 3 aromatic rings. The summed E-state index contributed by atoms with van der Waals surface area (Å²) in [5, 5.41) is 11.8. The Balaban J connectivity index is 1.25. The maximum absolute atomic E-state index is 13.4. The first kappa shape index (κ1) is 22.5. The van der Waals surface area contributed by atoms with Gasteiger partial charge in [-0.05, 0) is 66.4 Å². The third-order valence-corrected chi connectivity index (χ3v) is 7.49. The minimum absolute atomic E-state index is 0.0967. The van der Waals surface area contributed by atoms with Crippen LogP contribution in [-0.2, 0) is 4.79 Å². The second-order valence-electron chi connectivity index (χ2n) is 9.57. The van der Waals surface area contributed by atoms with Gasteiger partial charge < -0.3 is 14.9 Å². The van der Waals surface area contributed by atoms with E-state index in [0.29, 0.717) is 24.6 Å². The highest BCUT2D eigenvalue weighted by Gasteiger charge is 2.41. The molecule has 1 amide bonds. The van der Waals surface area contributed by atoms with Crippen LogP contribution >= 0.6 is 0 Å². The fourth-order valence-corrected chi connectivity index (χ4v) is 5.60. The lowest BCUT2D eigenvalue weighted by Crippen LogP contribution is -2.39. The summed E-state index contributed by atoms with van der Waals surface area (Å²) in [4.78, 5) is 29.5. The van der Waals surface area contributed by atoms with Crippen LogP contribution in [0, 0.1) is 17.7 Å². The van der Waals surface area contributed by atoms with Crippen LogP contribution < -0.4 is 0 Å². The summed E-state index contributed by atoms with van der Waals surface area (Å²) in [5.74, 6) is -1.41. The molecule has 2 heterocycles. The van der Waals surface area contributed by atoms with E-state index < -0.39 is 11.9 Å². The minimum Gasteiger partial charge on any atom is -0.481 e. The molecular formula is C28H29FN2O3. The molecule has 0 radical (unpaired) electrons. The van der Waals surface area contributed by atoms with Gasteiger partial charge in [-0.25, -0.2) is 4.39 Å². The smallest absolute Gasteiger partial charge is 0.308 e. The summed E-state index contributed by atoms with van der Waals surface area (Å²) in [6.07, 6.45) is 1.93. The van der Waals surface area contributed by atoms with E-state index in [9.17, 15) is 19.1 Å². The van der Waals surface area contributed by atoms with Crippen molar-refractivity contribution in [3.63, 3.8) is 0 Å². The first-order valence-corrected chi connectivity index (χ1v) is 12.0. The van der Waals surface area contributed by atoms with Crippen molar-refractivity contribution in [1.82, 2.24) is 9.80 Å². The maximum Gasteiger partial charge on any atom is 0.308 e. The van der Waals surface area contributed by atoms with Crippen molar-refractivity contribution in [1.29, 1.82) is 0 Å². The van der Waals surface area contributed by atoms with Crippen molar-refractivity contribution >= 4 is 22.6 Å². The first-order chi connectivity index (χ1) is 16.5. The summed E-state index contributed by atoms with van der Waals surface area (Å²) < 4.78 is 13.2. The Hall–Kier alpha value is -3.25. The van der Waals surface area contributed by atoms with E-state index in [2.05, 4.69) is 4.90 Å². The molecule has 176 valence electrons. The van der Waals surface area contributed by atoms with E-state index in [-0.39, 0.29) is 24.2 Å². The first-order valence-electron chi connectivity index (χ1n) is 12.0. The SMILES string of the molecule is O=C(O)C1CN(C(=O)c2cccc3ccccc23)CC1CN1CCC(c2ccc(F)cc2)CC1. The van der Waals surface area contributed by atoms with Gasteiger partial charge >= 0.3 is 5.97 Å². The molecule has 34 heavy (non-hydrogen) atoms. The van der Waals surface area contributed by atoms with E-state index in [1.54, 1.807) is 4.90 Å². The van der Waals surface area contributed by atoms with Crippen LogP contribution in [0.15, 0.2) is 66.7 Å². The zero-order chi connectivity index (χ0) is 23.7. The number of likely N-dealkylation sites (tertiary alicyclic amines) is 2. The molecule has 2 unspecified atom stereocenters. The summed E-state index contributed by atoms with van der Waals surface area (Å²) in [6, 6.07) is 20.2. The van der Waals surface area contributed by atoms with Crippen LogP contribution in [0.5, 0.6) is 0 Å². The molecule has 2 aliphatic heterocycles. The van der Waals surface area contributed by atoms with E-state index in [4.69, 9.17) is 0 Å². The Bertz CT molecular complexity index is 1180. The van der Waals surface area contributed by atoms with Gasteiger partial charge in [0.25, 0.3) is 5.91 Å². The summed E-state index contributed by atoms with van der Waals surface area (Å²) in [6.45, 7) is 3.13. The average molecular weight is 461 g/mol.